The quantitative estimate of drug-likeness (QED) is 0.750. The zero-order valence-corrected chi connectivity index (χ0v) is 13.8. The van der Waals surface area contributed by atoms with Crippen molar-refractivity contribution in [2.45, 2.75) is 33.2 Å². The van der Waals surface area contributed by atoms with Crippen molar-refractivity contribution < 1.29 is 9.53 Å². The standard InChI is InChI=1S/C18H28N2O2/c1-3-22-11-9-18(21)19-12-16-8-10-20(13-16)14-17-7-5-4-6-15(17)2/h4-7,16H,3,8-14H2,1-2H3,(H,19,21)/t16-/m1/s1. The molecule has 1 aromatic carbocycles. The van der Waals surface area contributed by atoms with Gasteiger partial charge in [-0.15, -0.1) is 0 Å². The Morgan fingerprint density at radius 3 is 3.00 bits per heavy atom. The molecule has 2 rings (SSSR count). The Kier molecular flexibility index (Phi) is 6.87. The van der Waals surface area contributed by atoms with Crippen molar-refractivity contribution in [3.05, 3.63) is 35.4 Å². The van der Waals surface area contributed by atoms with E-state index in [1.807, 2.05) is 6.92 Å². The largest absolute Gasteiger partial charge is 0.381 e. The molecule has 0 radical (unpaired) electrons. The highest BCUT2D eigenvalue weighted by atomic mass is 16.5. The van der Waals surface area contributed by atoms with Crippen molar-refractivity contribution in [3.8, 4) is 0 Å². The zero-order valence-electron chi connectivity index (χ0n) is 13.8. The molecule has 1 saturated heterocycles. The van der Waals surface area contributed by atoms with E-state index in [2.05, 4.69) is 41.4 Å². The lowest BCUT2D eigenvalue weighted by Gasteiger charge is -2.17. The maximum atomic E-state index is 11.7. The highest BCUT2D eigenvalue weighted by molar-refractivity contribution is 5.75. The second-order valence-electron chi connectivity index (χ2n) is 6.07. The minimum Gasteiger partial charge on any atom is -0.381 e. The average Bonchev–Trinajstić information content (AvgIpc) is 2.95. The number of benzene rings is 1. The highest BCUT2D eigenvalue weighted by Crippen LogP contribution is 2.19. The lowest BCUT2D eigenvalue weighted by atomic mass is 10.1. The maximum Gasteiger partial charge on any atom is 0.222 e. The summed E-state index contributed by atoms with van der Waals surface area (Å²) in [5.41, 5.74) is 2.76. The summed E-state index contributed by atoms with van der Waals surface area (Å²) in [6, 6.07) is 8.57. The van der Waals surface area contributed by atoms with Gasteiger partial charge in [0.1, 0.15) is 0 Å². The molecule has 0 bridgehead atoms. The third-order valence-electron chi connectivity index (χ3n) is 4.29. The predicted molar refractivity (Wildman–Crippen MR) is 88.7 cm³/mol. The molecule has 22 heavy (non-hydrogen) atoms. The number of carbonyl (C=O) groups excluding carboxylic acids is 1. The number of ether oxygens (including phenoxy) is 1. The number of hydrogen-bond donors (Lipinski definition) is 1. The van der Waals surface area contributed by atoms with Gasteiger partial charge in [0.05, 0.1) is 6.61 Å². The molecular weight excluding hydrogens is 276 g/mol. The number of nitrogens with one attached hydrogen (secondary N) is 1. The molecule has 0 aromatic heterocycles. The van der Waals surface area contributed by atoms with Crippen molar-refractivity contribution in [1.29, 1.82) is 0 Å². The van der Waals surface area contributed by atoms with Crippen molar-refractivity contribution in [2.24, 2.45) is 5.92 Å². The summed E-state index contributed by atoms with van der Waals surface area (Å²) in [5.74, 6) is 0.672. The van der Waals surface area contributed by atoms with E-state index >= 15 is 0 Å². The summed E-state index contributed by atoms with van der Waals surface area (Å²) in [4.78, 5) is 14.2. The number of nitrogens with zero attached hydrogens (tertiary/aromatic N) is 1. The first-order chi connectivity index (χ1) is 10.7. The van der Waals surface area contributed by atoms with Gasteiger partial charge >= 0.3 is 0 Å². The fraction of sp³-hybridized carbons (Fsp3) is 0.611. The molecule has 1 atom stereocenters. The van der Waals surface area contributed by atoms with Crippen LogP contribution in [0.1, 0.15) is 30.9 Å². The average molecular weight is 304 g/mol. The lowest BCUT2D eigenvalue weighted by molar-refractivity contribution is -0.122. The Morgan fingerprint density at radius 2 is 2.23 bits per heavy atom. The van der Waals surface area contributed by atoms with E-state index in [0.717, 1.165) is 32.6 Å². The molecule has 4 nitrogen and oxygen atoms in total. The molecule has 0 saturated carbocycles. The first kappa shape index (κ1) is 17.0. The summed E-state index contributed by atoms with van der Waals surface area (Å²) in [5, 5.41) is 3.03. The fourth-order valence-corrected chi connectivity index (χ4v) is 2.91. The van der Waals surface area contributed by atoms with Crippen LogP contribution in [0.4, 0.5) is 0 Å². The van der Waals surface area contributed by atoms with E-state index in [1.54, 1.807) is 0 Å². The molecule has 122 valence electrons. The van der Waals surface area contributed by atoms with Crippen LogP contribution < -0.4 is 5.32 Å². The summed E-state index contributed by atoms with van der Waals surface area (Å²) in [6.45, 7) is 9.29. The van der Waals surface area contributed by atoms with Crippen LogP contribution in [0.3, 0.4) is 0 Å². The zero-order chi connectivity index (χ0) is 15.8. The minimum absolute atomic E-state index is 0.103. The van der Waals surface area contributed by atoms with Crippen molar-refractivity contribution >= 4 is 5.91 Å². The summed E-state index contributed by atoms with van der Waals surface area (Å²) in [7, 11) is 0. The van der Waals surface area contributed by atoms with Crippen LogP contribution in [0, 0.1) is 12.8 Å². The molecule has 1 aliphatic rings. The van der Waals surface area contributed by atoms with Gasteiger partial charge in [0, 0.05) is 32.7 Å². The van der Waals surface area contributed by atoms with Crippen LogP contribution in [0.5, 0.6) is 0 Å². The van der Waals surface area contributed by atoms with Crippen molar-refractivity contribution in [3.63, 3.8) is 0 Å². The van der Waals surface area contributed by atoms with E-state index in [-0.39, 0.29) is 5.91 Å². The number of hydrogen-bond acceptors (Lipinski definition) is 3. The summed E-state index contributed by atoms with van der Waals surface area (Å²) >= 11 is 0. The highest BCUT2D eigenvalue weighted by Gasteiger charge is 2.23. The van der Waals surface area contributed by atoms with Crippen LogP contribution in [0.25, 0.3) is 0 Å². The third kappa shape index (κ3) is 5.43. The number of carbonyl (C=O) groups is 1. The van der Waals surface area contributed by atoms with Gasteiger partial charge in [0.15, 0.2) is 0 Å². The van der Waals surface area contributed by atoms with Crippen LogP contribution in [0.15, 0.2) is 24.3 Å². The van der Waals surface area contributed by atoms with E-state index in [0.29, 0.717) is 25.6 Å². The van der Waals surface area contributed by atoms with E-state index in [4.69, 9.17) is 4.74 Å². The number of likely N-dealkylation sites (tertiary alicyclic amines) is 1. The molecule has 1 aromatic rings. The predicted octanol–water partition coefficient (Wildman–Crippen LogP) is 2.36. The van der Waals surface area contributed by atoms with Gasteiger partial charge in [0.2, 0.25) is 5.91 Å². The molecule has 1 heterocycles. The molecule has 1 aliphatic heterocycles. The summed E-state index contributed by atoms with van der Waals surface area (Å²) < 4.78 is 5.20. The Labute approximate surface area is 133 Å². The maximum absolute atomic E-state index is 11.7. The topological polar surface area (TPSA) is 41.6 Å². The van der Waals surface area contributed by atoms with Gasteiger partial charge in [-0.25, -0.2) is 0 Å². The first-order valence-corrected chi connectivity index (χ1v) is 8.30. The second-order valence-corrected chi connectivity index (χ2v) is 6.07. The molecule has 1 N–H and O–H groups in total. The van der Waals surface area contributed by atoms with Gasteiger partial charge in [-0.1, -0.05) is 24.3 Å². The van der Waals surface area contributed by atoms with E-state index < -0.39 is 0 Å². The van der Waals surface area contributed by atoms with Crippen molar-refractivity contribution in [2.75, 3.05) is 32.8 Å². The van der Waals surface area contributed by atoms with E-state index in [1.165, 1.54) is 11.1 Å². The lowest BCUT2D eigenvalue weighted by Crippen LogP contribution is -2.31. The first-order valence-electron chi connectivity index (χ1n) is 8.30. The van der Waals surface area contributed by atoms with Gasteiger partial charge in [-0.05, 0) is 43.9 Å². The normalized spacial score (nSPS) is 18.5. The van der Waals surface area contributed by atoms with Crippen LogP contribution >= 0.6 is 0 Å². The molecule has 1 fully saturated rings. The fourth-order valence-electron chi connectivity index (χ4n) is 2.91. The third-order valence-corrected chi connectivity index (χ3v) is 4.29. The molecule has 0 spiro atoms. The molecule has 4 heteroatoms. The summed E-state index contributed by atoms with van der Waals surface area (Å²) in [6.07, 6.45) is 1.63. The Bertz CT molecular complexity index is 476. The monoisotopic (exact) mass is 304 g/mol. The van der Waals surface area contributed by atoms with Gasteiger partial charge in [-0.3, -0.25) is 9.69 Å². The number of aryl methyl sites for hydroxylation is 1. The van der Waals surface area contributed by atoms with Gasteiger partial charge < -0.3 is 10.1 Å². The molecular formula is C18H28N2O2. The Balaban J connectivity index is 1.67. The second kappa shape index (κ2) is 8.91. The van der Waals surface area contributed by atoms with Gasteiger partial charge in [0.25, 0.3) is 0 Å². The van der Waals surface area contributed by atoms with Gasteiger partial charge in [-0.2, -0.15) is 0 Å². The van der Waals surface area contributed by atoms with Crippen LogP contribution in [-0.2, 0) is 16.1 Å². The minimum atomic E-state index is 0.103. The number of amides is 1. The SMILES string of the molecule is CCOCCC(=O)NC[C@H]1CCN(Cc2ccccc2C)C1. The molecule has 0 unspecified atom stereocenters. The van der Waals surface area contributed by atoms with Crippen molar-refractivity contribution in [1.82, 2.24) is 10.2 Å². The van der Waals surface area contributed by atoms with E-state index in [9.17, 15) is 4.79 Å². The number of rotatable bonds is 8. The van der Waals surface area contributed by atoms with Crippen LogP contribution in [0.2, 0.25) is 0 Å². The van der Waals surface area contributed by atoms with Crippen LogP contribution in [-0.4, -0.2) is 43.7 Å². The molecule has 1 amide bonds. The molecule has 0 aliphatic carbocycles. The smallest absolute Gasteiger partial charge is 0.222 e. The Hall–Kier alpha value is -1.39. The Morgan fingerprint density at radius 1 is 1.41 bits per heavy atom.